The van der Waals surface area contributed by atoms with Crippen molar-refractivity contribution < 1.29 is 14.4 Å². The van der Waals surface area contributed by atoms with Crippen LogP contribution in [0.25, 0.3) is 0 Å². The Kier molecular flexibility index (Phi) is 3.44. The van der Waals surface area contributed by atoms with Crippen LogP contribution in [0.1, 0.15) is 30.1 Å². The van der Waals surface area contributed by atoms with Crippen LogP contribution in [0.3, 0.4) is 0 Å². The molecule has 1 aromatic rings. The highest BCUT2D eigenvalue weighted by Gasteiger charge is 2.27. The Morgan fingerprint density at radius 2 is 2.47 bits per heavy atom. The van der Waals surface area contributed by atoms with Gasteiger partial charge in [0.25, 0.3) is 0 Å². The summed E-state index contributed by atoms with van der Waals surface area (Å²) >= 11 is 1.96. The lowest BCUT2D eigenvalue weighted by atomic mass is 10.2. The van der Waals surface area contributed by atoms with E-state index in [1.807, 2.05) is 11.8 Å². The lowest BCUT2D eigenvalue weighted by Gasteiger charge is -2.36. The van der Waals surface area contributed by atoms with Crippen LogP contribution in [0.15, 0.2) is 10.6 Å². The SMILES string of the molecule is CC1(C)CN(Cc2cc(C(=O)O)no2)CCS1. The van der Waals surface area contributed by atoms with Crippen LogP contribution < -0.4 is 0 Å². The molecule has 0 spiro atoms. The second-order valence-corrected chi connectivity index (χ2v) is 6.60. The zero-order valence-corrected chi connectivity index (χ0v) is 10.8. The van der Waals surface area contributed by atoms with Crippen LogP contribution in [0.2, 0.25) is 0 Å². The largest absolute Gasteiger partial charge is 0.476 e. The van der Waals surface area contributed by atoms with E-state index >= 15 is 0 Å². The molecule has 1 saturated heterocycles. The molecule has 5 nitrogen and oxygen atoms in total. The van der Waals surface area contributed by atoms with Gasteiger partial charge < -0.3 is 9.63 Å². The van der Waals surface area contributed by atoms with E-state index in [0.717, 1.165) is 18.8 Å². The fourth-order valence-electron chi connectivity index (χ4n) is 1.96. The highest BCUT2D eigenvalue weighted by molar-refractivity contribution is 8.00. The number of hydrogen-bond acceptors (Lipinski definition) is 5. The van der Waals surface area contributed by atoms with Gasteiger partial charge in [0.05, 0.1) is 6.54 Å². The Morgan fingerprint density at radius 3 is 3.06 bits per heavy atom. The molecule has 0 bridgehead atoms. The van der Waals surface area contributed by atoms with Crippen molar-refractivity contribution in [2.45, 2.75) is 25.1 Å². The molecule has 0 atom stereocenters. The smallest absolute Gasteiger partial charge is 0.358 e. The molecular weight excluding hydrogens is 240 g/mol. The average Bonchev–Trinajstić information content (AvgIpc) is 2.64. The number of carbonyl (C=O) groups is 1. The molecule has 94 valence electrons. The first-order valence-corrected chi connectivity index (χ1v) is 6.50. The third-order valence-electron chi connectivity index (χ3n) is 2.66. The van der Waals surface area contributed by atoms with Crippen molar-refractivity contribution in [3.05, 3.63) is 17.5 Å². The summed E-state index contributed by atoms with van der Waals surface area (Å²) in [6, 6.07) is 1.50. The lowest BCUT2D eigenvalue weighted by Crippen LogP contribution is -2.42. The van der Waals surface area contributed by atoms with Gasteiger partial charge in [-0.3, -0.25) is 4.90 Å². The van der Waals surface area contributed by atoms with Gasteiger partial charge >= 0.3 is 5.97 Å². The van der Waals surface area contributed by atoms with Gasteiger partial charge in [-0.1, -0.05) is 5.16 Å². The zero-order chi connectivity index (χ0) is 12.5. The van der Waals surface area contributed by atoms with Gasteiger partial charge in [-0.2, -0.15) is 11.8 Å². The molecule has 1 aliphatic heterocycles. The molecule has 17 heavy (non-hydrogen) atoms. The van der Waals surface area contributed by atoms with E-state index < -0.39 is 5.97 Å². The van der Waals surface area contributed by atoms with Crippen LogP contribution in [0.4, 0.5) is 0 Å². The van der Waals surface area contributed by atoms with Crippen molar-refractivity contribution >= 4 is 17.7 Å². The average molecular weight is 256 g/mol. The number of carboxylic acid groups (broad SMARTS) is 1. The van der Waals surface area contributed by atoms with E-state index in [1.54, 1.807) is 0 Å². The molecule has 1 fully saturated rings. The first-order valence-electron chi connectivity index (χ1n) is 5.51. The van der Waals surface area contributed by atoms with Crippen molar-refractivity contribution in [2.75, 3.05) is 18.8 Å². The second-order valence-electron chi connectivity index (χ2n) is 4.80. The number of hydrogen-bond donors (Lipinski definition) is 1. The highest BCUT2D eigenvalue weighted by atomic mass is 32.2. The summed E-state index contributed by atoms with van der Waals surface area (Å²) in [5, 5.41) is 12.3. The number of aromatic carboxylic acids is 1. The van der Waals surface area contributed by atoms with Gasteiger partial charge in [0.1, 0.15) is 0 Å². The molecular formula is C11H16N2O3S. The van der Waals surface area contributed by atoms with E-state index in [0.29, 0.717) is 12.3 Å². The maximum absolute atomic E-state index is 10.7. The number of carboxylic acids is 1. The van der Waals surface area contributed by atoms with Crippen molar-refractivity contribution in [3.8, 4) is 0 Å². The molecule has 0 aliphatic carbocycles. The molecule has 0 amide bonds. The topological polar surface area (TPSA) is 66.6 Å². The third-order valence-corrected chi connectivity index (χ3v) is 3.96. The van der Waals surface area contributed by atoms with E-state index in [1.165, 1.54) is 6.07 Å². The summed E-state index contributed by atoms with van der Waals surface area (Å²) in [7, 11) is 0. The van der Waals surface area contributed by atoms with Crippen molar-refractivity contribution in [1.82, 2.24) is 10.1 Å². The van der Waals surface area contributed by atoms with Gasteiger partial charge in [0.2, 0.25) is 0 Å². The summed E-state index contributed by atoms with van der Waals surface area (Å²) in [6.45, 7) is 7.03. The number of rotatable bonds is 3. The first kappa shape index (κ1) is 12.4. The Balaban J connectivity index is 1.98. The van der Waals surface area contributed by atoms with Gasteiger partial charge in [0.15, 0.2) is 11.5 Å². The van der Waals surface area contributed by atoms with E-state index in [-0.39, 0.29) is 10.4 Å². The minimum atomic E-state index is -1.05. The molecule has 1 N–H and O–H groups in total. The maximum atomic E-state index is 10.7. The summed E-state index contributed by atoms with van der Waals surface area (Å²) in [5.74, 6) is 0.659. The minimum Gasteiger partial charge on any atom is -0.476 e. The summed E-state index contributed by atoms with van der Waals surface area (Å²) in [4.78, 5) is 12.9. The minimum absolute atomic E-state index is 0.0226. The molecule has 6 heteroatoms. The predicted molar refractivity (Wildman–Crippen MR) is 65.3 cm³/mol. The monoisotopic (exact) mass is 256 g/mol. The van der Waals surface area contributed by atoms with Crippen molar-refractivity contribution in [1.29, 1.82) is 0 Å². The van der Waals surface area contributed by atoms with E-state index in [9.17, 15) is 4.79 Å². The molecule has 0 aromatic carbocycles. The fraction of sp³-hybridized carbons (Fsp3) is 0.636. The van der Waals surface area contributed by atoms with Crippen molar-refractivity contribution in [3.63, 3.8) is 0 Å². The highest BCUT2D eigenvalue weighted by Crippen LogP contribution is 2.30. The summed E-state index contributed by atoms with van der Waals surface area (Å²) in [5.41, 5.74) is -0.0226. The maximum Gasteiger partial charge on any atom is 0.358 e. The molecule has 0 saturated carbocycles. The van der Waals surface area contributed by atoms with Crippen LogP contribution in [-0.4, -0.2) is 44.7 Å². The van der Waals surface area contributed by atoms with E-state index in [4.69, 9.17) is 9.63 Å². The zero-order valence-electron chi connectivity index (χ0n) is 9.97. The predicted octanol–water partition coefficient (Wildman–Crippen LogP) is 1.70. The van der Waals surface area contributed by atoms with Gasteiger partial charge in [0, 0.05) is 29.7 Å². The summed E-state index contributed by atoms with van der Waals surface area (Å²) < 4.78 is 5.26. The molecule has 0 radical (unpaired) electrons. The summed E-state index contributed by atoms with van der Waals surface area (Å²) in [6.07, 6.45) is 0. The number of thioether (sulfide) groups is 1. The van der Waals surface area contributed by atoms with Crippen molar-refractivity contribution in [2.24, 2.45) is 0 Å². The lowest BCUT2D eigenvalue weighted by molar-refractivity contribution is 0.0685. The van der Waals surface area contributed by atoms with Crippen LogP contribution in [0.5, 0.6) is 0 Å². The number of aromatic nitrogens is 1. The normalized spacial score (nSPS) is 20.4. The standard InChI is InChI=1S/C11H16N2O3S/c1-11(2)7-13(3-4-17-11)6-8-5-9(10(14)15)12-16-8/h5H,3-4,6-7H2,1-2H3,(H,14,15). The van der Waals surface area contributed by atoms with Crippen LogP contribution in [-0.2, 0) is 6.54 Å². The molecule has 0 unspecified atom stereocenters. The fourth-order valence-corrected chi connectivity index (χ4v) is 3.13. The third kappa shape index (κ3) is 3.23. The Hall–Kier alpha value is -1.01. The van der Waals surface area contributed by atoms with Crippen LogP contribution in [0, 0.1) is 0 Å². The number of nitrogens with zero attached hydrogens (tertiary/aromatic N) is 2. The van der Waals surface area contributed by atoms with Crippen LogP contribution >= 0.6 is 11.8 Å². The Bertz CT molecular complexity index is 417. The van der Waals surface area contributed by atoms with Gasteiger partial charge in [-0.15, -0.1) is 0 Å². The second kappa shape index (κ2) is 4.70. The molecule has 1 aliphatic rings. The molecule has 2 rings (SSSR count). The van der Waals surface area contributed by atoms with Gasteiger partial charge in [-0.05, 0) is 13.8 Å². The van der Waals surface area contributed by atoms with E-state index in [2.05, 4.69) is 23.9 Å². The first-order chi connectivity index (χ1) is 7.96. The Morgan fingerprint density at radius 1 is 1.71 bits per heavy atom. The quantitative estimate of drug-likeness (QED) is 0.888. The molecule has 1 aromatic heterocycles. The van der Waals surface area contributed by atoms with Gasteiger partial charge in [-0.25, -0.2) is 4.79 Å². The Labute approximate surface area is 104 Å². The molecule has 2 heterocycles.